The van der Waals surface area contributed by atoms with Gasteiger partial charge < -0.3 is 4.74 Å². The Bertz CT molecular complexity index is 327. The van der Waals surface area contributed by atoms with Gasteiger partial charge in [-0.15, -0.1) is 0 Å². The van der Waals surface area contributed by atoms with Crippen LogP contribution >= 0.6 is 11.6 Å². The van der Waals surface area contributed by atoms with Gasteiger partial charge in [0.1, 0.15) is 0 Å². The average Bonchev–Trinajstić information content (AvgIpc) is 2.01. The minimum atomic E-state index is -4.50. The molecule has 0 aliphatic heterocycles. The maximum atomic E-state index is 12.0. The first kappa shape index (κ1) is 11.0. The van der Waals surface area contributed by atoms with Gasteiger partial charge in [-0.1, -0.05) is 17.7 Å². The number of halogens is 4. The van der Waals surface area contributed by atoms with Crippen LogP contribution in [0.25, 0.3) is 0 Å². The van der Waals surface area contributed by atoms with Crippen molar-refractivity contribution in [1.82, 2.24) is 0 Å². The lowest BCUT2D eigenvalue weighted by atomic mass is 10.3. The Morgan fingerprint density at radius 1 is 1.36 bits per heavy atom. The first-order valence-corrected chi connectivity index (χ1v) is 3.99. The number of ether oxygens (including phenoxy) is 1. The molecule has 78 valence electrons. The van der Waals surface area contributed by atoms with Crippen LogP contribution in [0.1, 0.15) is 0 Å². The summed E-state index contributed by atoms with van der Waals surface area (Å²) in [6.07, 6.45) is -4.50. The van der Waals surface area contributed by atoms with Crippen LogP contribution in [0.2, 0.25) is 5.02 Å². The Kier molecular flexibility index (Phi) is 3.10. The molecule has 6 heteroatoms. The number of methoxy groups -OCH3 is 1. The molecule has 0 spiro atoms. The van der Waals surface area contributed by atoms with E-state index in [0.717, 1.165) is 0 Å². The molecule has 1 aromatic carbocycles. The van der Waals surface area contributed by atoms with E-state index in [1.54, 1.807) is 0 Å². The SMILES string of the molecule is COc1c(Cl)cccc1NC(F)(F)F. The molecule has 0 saturated carbocycles. The summed E-state index contributed by atoms with van der Waals surface area (Å²) >= 11 is 5.63. The second kappa shape index (κ2) is 3.96. The fourth-order valence-corrected chi connectivity index (χ4v) is 1.22. The summed E-state index contributed by atoms with van der Waals surface area (Å²) < 4.78 is 40.7. The third-order valence-electron chi connectivity index (χ3n) is 1.45. The van der Waals surface area contributed by atoms with Crippen molar-refractivity contribution in [2.24, 2.45) is 0 Å². The molecule has 2 nitrogen and oxygen atoms in total. The molecule has 0 amide bonds. The quantitative estimate of drug-likeness (QED) is 0.780. The van der Waals surface area contributed by atoms with Crippen molar-refractivity contribution in [2.45, 2.75) is 6.30 Å². The van der Waals surface area contributed by atoms with E-state index in [1.807, 2.05) is 0 Å². The molecule has 0 heterocycles. The highest BCUT2D eigenvalue weighted by Crippen LogP contribution is 2.34. The van der Waals surface area contributed by atoms with E-state index in [9.17, 15) is 13.2 Å². The van der Waals surface area contributed by atoms with Crippen molar-refractivity contribution in [3.8, 4) is 5.75 Å². The van der Waals surface area contributed by atoms with Crippen LogP contribution in [-0.2, 0) is 0 Å². The van der Waals surface area contributed by atoms with Crippen LogP contribution in [0, 0.1) is 0 Å². The summed E-state index contributed by atoms with van der Waals surface area (Å²) in [4.78, 5) is 0. The first-order valence-electron chi connectivity index (χ1n) is 3.61. The molecule has 1 N–H and O–H groups in total. The zero-order valence-electron chi connectivity index (χ0n) is 7.15. The summed E-state index contributed by atoms with van der Waals surface area (Å²) in [5.74, 6) is -0.0218. The third-order valence-corrected chi connectivity index (χ3v) is 1.75. The van der Waals surface area contributed by atoms with Gasteiger partial charge in [0, 0.05) is 0 Å². The molecule has 0 bridgehead atoms. The van der Waals surface area contributed by atoms with E-state index < -0.39 is 6.30 Å². The topological polar surface area (TPSA) is 21.3 Å². The predicted octanol–water partition coefficient (Wildman–Crippen LogP) is 3.28. The average molecular weight is 226 g/mol. The largest absolute Gasteiger partial charge is 0.493 e. The van der Waals surface area contributed by atoms with E-state index in [4.69, 9.17) is 16.3 Å². The van der Waals surface area contributed by atoms with Crippen LogP contribution in [0.15, 0.2) is 18.2 Å². The maximum absolute atomic E-state index is 12.0. The van der Waals surface area contributed by atoms with Gasteiger partial charge in [-0.25, -0.2) is 0 Å². The Balaban J connectivity index is 3.02. The fraction of sp³-hybridized carbons (Fsp3) is 0.250. The van der Waals surface area contributed by atoms with Gasteiger partial charge in [-0.2, -0.15) is 13.2 Å². The number of hydrogen-bond donors (Lipinski definition) is 1. The number of nitrogens with one attached hydrogen (secondary N) is 1. The zero-order chi connectivity index (χ0) is 10.8. The molecule has 0 aliphatic carbocycles. The number of benzene rings is 1. The number of rotatable bonds is 2. The summed E-state index contributed by atoms with van der Waals surface area (Å²) in [7, 11) is 1.25. The highest BCUT2D eigenvalue weighted by molar-refractivity contribution is 6.32. The third kappa shape index (κ3) is 2.70. The van der Waals surface area contributed by atoms with Crippen molar-refractivity contribution < 1.29 is 17.9 Å². The zero-order valence-corrected chi connectivity index (χ0v) is 7.91. The molecule has 1 aromatic rings. The fourth-order valence-electron chi connectivity index (χ4n) is 0.967. The molecule has 0 aliphatic rings. The lowest BCUT2D eigenvalue weighted by Crippen LogP contribution is -2.21. The van der Waals surface area contributed by atoms with E-state index in [1.165, 1.54) is 30.6 Å². The van der Waals surface area contributed by atoms with Crippen LogP contribution in [0.5, 0.6) is 5.75 Å². The minimum absolute atomic E-state index is 0.0218. The van der Waals surface area contributed by atoms with Gasteiger partial charge in [0.15, 0.2) is 5.75 Å². The second-order valence-electron chi connectivity index (χ2n) is 2.44. The lowest BCUT2D eigenvalue weighted by molar-refractivity contribution is -0.100. The molecular formula is C8H7ClF3NO. The highest BCUT2D eigenvalue weighted by atomic mass is 35.5. The molecule has 0 atom stereocenters. The number of hydrogen-bond acceptors (Lipinski definition) is 2. The van der Waals surface area contributed by atoms with Crippen molar-refractivity contribution in [1.29, 1.82) is 0 Å². The van der Waals surface area contributed by atoms with Gasteiger partial charge in [0.25, 0.3) is 0 Å². The van der Waals surface area contributed by atoms with E-state index in [2.05, 4.69) is 0 Å². The monoisotopic (exact) mass is 225 g/mol. The van der Waals surface area contributed by atoms with Gasteiger partial charge in [-0.05, 0) is 12.1 Å². The van der Waals surface area contributed by atoms with Crippen molar-refractivity contribution >= 4 is 17.3 Å². The first-order chi connectivity index (χ1) is 6.44. The van der Waals surface area contributed by atoms with Crippen LogP contribution in [-0.4, -0.2) is 13.4 Å². The molecule has 1 rings (SSSR count). The Morgan fingerprint density at radius 2 is 2.00 bits per heavy atom. The summed E-state index contributed by atoms with van der Waals surface area (Å²) in [6.45, 7) is 0. The van der Waals surface area contributed by atoms with Crippen molar-refractivity contribution in [2.75, 3.05) is 12.4 Å². The van der Waals surface area contributed by atoms with Gasteiger partial charge in [0.2, 0.25) is 0 Å². The number of para-hydroxylation sites is 1. The normalized spacial score (nSPS) is 11.2. The number of alkyl halides is 3. The standard InChI is InChI=1S/C8H7ClF3NO/c1-14-7-5(9)3-2-4-6(7)13-8(10,11)12/h2-4,13H,1H3. The van der Waals surface area contributed by atoms with Crippen molar-refractivity contribution in [3.63, 3.8) is 0 Å². The Morgan fingerprint density at radius 3 is 2.50 bits per heavy atom. The van der Waals surface area contributed by atoms with Gasteiger partial charge in [-0.3, -0.25) is 5.32 Å². The smallest absolute Gasteiger partial charge is 0.482 e. The summed E-state index contributed by atoms with van der Waals surface area (Å²) in [5.41, 5.74) is -0.201. The van der Waals surface area contributed by atoms with Gasteiger partial charge >= 0.3 is 6.30 Å². The Labute approximate surface area is 83.6 Å². The molecule has 0 saturated heterocycles. The van der Waals surface area contributed by atoms with E-state index >= 15 is 0 Å². The molecule has 0 aromatic heterocycles. The molecule has 0 radical (unpaired) electrons. The van der Waals surface area contributed by atoms with Crippen LogP contribution in [0.4, 0.5) is 18.9 Å². The predicted molar refractivity (Wildman–Crippen MR) is 47.7 cm³/mol. The number of anilines is 1. The molecule has 0 unspecified atom stereocenters. The minimum Gasteiger partial charge on any atom is -0.493 e. The summed E-state index contributed by atoms with van der Waals surface area (Å²) in [5, 5.41) is 1.46. The highest BCUT2D eigenvalue weighted by Gasteiger charge is 2.28. The molecule has 0 fully saturated rings. The molecule has 14 heavy (non-hydrogen) atoms. The molecular weight excluding hydrogens is 219 g/mol. The van der Waals surface area contributed by atoms with Gasteiger partial charge in [0.05, 0.1) is 17.8 Å². The van der Waals surface area contributed by atoms with Crippen LogP contribution < -0.4 is 10.1 Å². The lowest BCUT2D eigenvalue weighted by Gasteiger charge is -2.13. The van der Waals surface area contributed by atoms with Crippen molar-refractivity contribution in [3.05, 3.63) is 23.2 Å². The maximum Gasteiger partial charge on any atom is 0.482 e. The summed E-state index contributed by atoms with van der Waals surface area (Å²) in [6, 6.07) is 4.08. The van der Waals surface area contributed by atoms with E-state index in [-0.39, 0.29) is 16.5 Å². The van der Waals surface area contributed by atoms with E-state index in [0.29, 0.717) is 0 Å². The van der Waals surface area contributed by atoms with Crippen LogP contribution in [0.3, 0.4) is 0 Å². The Hall–Kier alpha value is -1.10. The second-order valence-corrected chi connectivity index (χ2v) is 2.85.